The Kier molecular flexibility index (Phi) is 4.54. The summed E-state index contributed by atoms with van der Waals surface area (Å²) in [6.45, 7) is 0.107. The van der Waals surface area contributed by atoms with Gasteiger partial charge in [-0.15, -0.1) is 0 Å². The van der Waals surface area contributed by atoms with Crippen molar-refractivity contribution in [3.8, 4) is 11.1 Å². The molecule has 8 heteroatoms. The van der Waals surface area contributed by atoms with Crippen molar-refractivity contribution in [1.29, 1.82) is 0 Å². The molecule has 0 bridgehead atoms. The van der Waals surface area contributed by atoms with Crippen molar-refractivity contribution in [2.75, 3.05) is 4.90 Å². The third-order valence-electron chi connectivity index (χ3n) is 4.97. The Labute approximate surface area is 169 Å². The van der Waals surface area contributed by atoms with Crippen molar-refractivity contribution in [2.24, 2.45) is 5.73 Å². The van der Waals surface area contributed by atoms with Crippen LogP contribution in [0, 0.1) is 11.6 Å². The highest BCUT2D eigenvalue weighted by atomic mass is 19.2. The van der Waals surface area contributed by atoms with Crippen molar-refractivity contribution in [1.82, 2.24) is 0 Å². The average Bonchev–Trinajstić information content (AvgIpc) is 3.05. The van der Waals surface area contributed by atoms with Crippen molar-refractivity contribution < 1.29 is 28.3 Å². The van der Waals surface area contributed by atoms with Gasteiger partial charge in [-0.05, 0) is 53.1 Å². The van der Waals surface area contributed by atoms with Gasteiger partial charge in [-0.2, -0.15) is 0 Å². The highest BCUT2D eigenvalue weighted by Gasteiger charge is 2.31. The highest BCUT2D eigenvalue weighted by molar-refractivity contribution is 6.14. The normalized spacial score (nSPS) is 12.7. The predicted molar refractivity (Wildman–Crippen MR) is 104 cm³/mol. The Hall–Kier alpha value is -4.07. The molecule has 0 fully saturated rings. The number of primary amides is 1. The van der Waals surface area contributed by atoms with Crippen LogP contribution in [0.3, 0.4) is 0 Å². The number of carboxylic acid groups (broad SMARTS) is 1. The van der Waals surface area contributed by atoms with Crippen LogP contribution in [0.5, 0.6) is 0 Å². The second kappa shape index (κ2) is 7.07. The number of rotatable bonds is 4. The lowest BCUT2D eigenvalue weighted by atomic mass is 10.0. The first kappa shape index (κ1) is 19.3. The lowest BCUT2D eigenvalue weighted by Crippen LogP contribution is -2.26. The first-order valence-electron chi connectivity index (χ1n) is 8.83. The molecule has 1 aliphatic rings. The van der Waals surface area contributed by atoms with Gasteiger partial charge in [-0.25, -0.2) is 13.6 Å². The first-order valence-corrected chi connectivity index (χ1v) is 8.83. The molecule has 1 aliphatic heterocycles. The fourth-order valence-electron chi connectivity index (χ4n) is 3.45. The number of halogens is 2. The standard InChI is InChI=1S/C22H14F2N2O4/c23-17-6-4-11(8-18(17)24)12-3-5-15(20(25)27)19(9-12)26-10-14-2-1-13(22(29)30)7-16(14)21(26)28/h1-9H,10H2,(H2,25,27)(H,29,30). The SMILES string of the molecule is NC(=O)c1ccc(-c2ccc(F)c(F)c2)cc1N1Cc2ccc(C(=O)O)cc2C1=O. The molecule has 6 nitrogen and oxygen atoms in total. The monoisotopic (exact) mass is 408 g/mol. The number of carboxylic acids is 1. The molecule has 0 saturated carbocycles. The number of carbonyl (C=O) groups excluding carboxylic acids is 2. The van der Waals surface area contributed by atoms with Gasteiger partial charge in [0.05, 0.1) is 23.4 Å². The van der Waals surface area contributed by atoms with Crippen LogP contribution < -0.4 is 10.6 Å². The van der Waals surface area contributed by atoms with Gasteiger partial charge >= 0.3 is 5.97 Å². The topological polar surface area (TPSA) is 101 Å². The molecule has 4 rings (SSSR count). The summed E-state index contributed by atoms with van der Waals surface area (Å²) in [4.78, 5) is 37.4. The van der Waals surface area contributed by atoms with E-state index in [1.807, 2.05) is 0 Å². The molecule has 0 saturated heterocycles. The van der Waals surface area contributed by atoms with E-state index in [1.165, 1.54) is 41.3 Å². The molecule has 3 N–H and O–H groups in total. The number of benzene rings is 3. The second-order valence-electron chi connectivity index (χ2n) is 6.79. The molecule has 0 radical (unpaired) electrons. The Balaban J connectivity index is 1.81. The number of carbonyl (C=O) groups is 3. The van der Waals surface area contributed by atoms with E-state index < -0.39 is 29.4 Å². The van der Waals surface area contributed by atoms with Gasteiger partial charge in [0.25, 0.3) is 11.8 Å². The fourth-order valence-corrected chi connectivity index (χ4v) is 3.45. The van der Waals surface area contributed by atoms with Crippen LogP contribution >= 0.6 is 0 Å². The van der Waals surface area contributed by atoms with Crippen LogP contribution in [0.1, 0.15) is 36.6 Å². The van der Waals surface area contributed by atoms with Crippen LogP contribution in [-0.4, -0.2) is 22.9 Å². The van der Waals surface area contributed by atoms with E-state index in [2.05, 4.69) is 0 Å². The van der Waals surface area contributed by atoms with E-state index in [0.29, 0.717) is 16.7 Å². The lowest BCUT2D eigenvalue weighted by molar-refractivity contribution is 0.0696. The van der Waals surface area contributed by atoms with E-state index in [1.54, 1.807) is 6.07 Å². The molecule has 2 amide bonds. The minimum absolute atomic E-state index is 0.0328. The van der Waals surface area contributed by atoms with Crippen molar-refractivity contribution in [3.63, 3.8) is 0 Å². The van der Waals surface area contributed by atoms with Gasteiger partial charge in [0.2, 0.25) is 0 Å². The zero-order chi connectivity index (χ0) is 21.6. The minimum atomic E-state index is -1.16. The summed E-state index contributed by atoms with van der Waals surface area (Å²) < 4.78 is 26.9. The zero-order valence-corrected chi connectivity index (χ0v) is 15.4. The maximum absolute atomic E-state index is 13.7. The smallest absolute Gasteiger partial charge is 0.335 e. The first-order chi connectivity index (χ1) is 14.3. The average molecular weight is 408 g/mol. The number of hydrogen-bond donors (Lipinski definition) is 2. The van der Waals surface area contributed by atoms with Crippen molar-refractivity contribution in [3.05, 3.63) is 88.5 Å². The number of fused-ring (bicyclic) bond motifs is 1. The van der Waals surface area contributed by atoms with Crippen LogP contribution in [-0.2, 0) is 6.54 Å². The van der Waals surface area contributed by atoms with Gasteiger partial charge in [-0.3, -0.25) is 9.59 Å². The molecule has 0 spiro atoms. The highest BCUT2D eigenvalue weighted by Crippen LogP contribution is 2.34. The summed E-state index contributed by atoms with van der Waals surface area (Å²) in [5.74, 6) is -4.44. The molecule has 3 aromatic carbocycles. The predicted octanol–water partition coefficient (Wildman–Crippen LogP) is 3.59. The van der Waals surface area contributed by atoms with E-state index in [0.717, 1.165) is 12.1 Å². The maximum atomic E-state index is 13.7. The van der Waals surface area contributed by atoms with Gasteiger partial charge in [0, 0.05) is 5.56 Å². The Morgan fingerprint density at radius 2 is 1.63 bits per heavy atom. The molecule has 3 aromatic rings. The summed E-state index contributed by atoms with van der Waals surface area (Å²) in [5.41, 5.74) is 7.31. The van der Waals surface area contributed by atoms with E-state index in [-0.39, 0.29) is 28.9 Å². The molecule has 150 valence electrons. The number of nitrogens with two attached hydrogens (primary N) is 1. The number of nitrogens with zero attached hydrogens (tertiary/aromatic N) is 1. The fraction of sp³-hybridized carbons (Fsp3) is 0.0455. The Morgan fingerprint density at radius 3 is 2.30 bits per heavy atom. The van der Waals surface area contributed by atoms with Crippen LogP contribution in [0.4, 0.5) is 14.5 Å². The molecule has 0 atom stereocenters. The largest absolute Gasteiger partial charge is 0.478 e. The molecule has 1 heterocycles. The Bertz CT molecular complexity index is 1240. The maximum Gasteiger partial charge on any atom is 0.335 e. The quantitative estimate of drug-likeness (QED) is 0.689. The number of amides is 2. The van der Waals surface area contributed by atoms with Gasteiger partial charge in [0.1, 0.15) is 0 Å². The molecular weight excluding hydrogens is 394 g/mol. The summed E-state index contributed by atoms with van der Waals surface area (Å²) in [7, 11) is 0. The van der Waals surface area contributed by atoms with Crippen molar-refractivity contribution in [2.45, 2.75) is 6.54 Å². The summed E-state index contributed by atoms with van der Waals surface area (Å²) in [6, 6.07) is 12.0. The summed E-state index contributed by atoms with van der Waals surface area (Å²) in [6.07, 6.45) is 0. The van der Waals surface area contributed by atoms with Crippen molar-refractivity contribution >= 4 is 23.5 Å². The number of anilines is 1. The molecule has 30 heavy (non-hydrogen) atoms. The third-order valence-corrected chi connectivity index (χ3v) is 4.97. The molecule has 0 unspecified atom stereocenters. The summed E-state index contributed by atoms with van der Waals surface area (Å²) >= 11 is 0. The molecule has 0 aromatic heterocycles. The number of aromatic carboxylic acids is 1. The molecular formula is C22H14F2N2O4. The number of hydrogen-bond acceptors (Lipinski definition) is 3. The Morgan fingerprint density at radius 1 is 0.933 bits per heavy atom. The van der Waals surface area contributed by atoms with Crippen LogP contribution in [0.2, 0.25) is 0 Å². The summed E-state index contributed by atoms with van der Waals surface area (Å²) in [5, 5.41) is 9.16. The minimum Gasteiger partial charge on any atom is -0.478 e. The molecule has 0 aliphatic carbocycles. The van der Waals surface area contributed by atoms with Crippen LogP contribution in [0.25, 0.3) is 11.1 Å². The zero-order valence-electron chi connectivity index (χ0n) is 15.4. The van der Waals surface area contributed by atoms with E-state index in [4.69, 9.17) is 10.8 Å². The van der Waals surface area contributed by atoms with Gasteiger partial charge in [0.15, 0.2) is 11.6 Å². The van der Waals surface area contributed by atoms with E-state index >= 15 is 0 Å². The van der Waals surface area contributed by atoms with E-state index in [9.17, 15) is 23.2 Å². The van der Waals surface area contributed by atoms with Gasteiger partial charge in [-0.1, -0.05) is 18.2 Å². The van der Waals surface area contributed by atoms with Gasteiger partial charge < -0.3 is 15.7 Å². The third kappa shape index (κ3) is 3.18. The van der Waals surface area contributed by atoms with Crippen LogP contribution in [0.15, 0.2) is 54.6 Å². The lowest BCUT2D eigenvalue weighted by Gasteiger charge is -2.20. The second-order valence-corrected chi connectivity index (χ2v) is 6.79.